The molecule has 2 N–H and O–H groups in total. The van der Waals surface area contributed by atoms with Crippen LogP contribution in [0.15, 0.2) is 28.8 Å². The molecule has 0 saturated carbocycles. The Bertz CT molecular complexity index is 550. The number of nitrogens with one attached hydrogen (secondary N) is 1. The highest BCUT2D eigenvalue weighted by Crippen LogP contribution is 2.22. The Labute approximate surface area is 111 Å². The molecule has 1 saturated heterocycles. The molecule has 5 nitrogen and oxygen atoms in total. The van der Waals surface area contributed by atoms with E-state index in [1.165, 1.54) is 5.56 Å². The van der Waals surface area contributed by atoms with Crippen LogP contribution in [0.25, 0.3) is 0 Å². The fraction of sp³-hybridized carbons (Fsp3) is 0.429. The number of rotatable bonds is 3. The van der Waals surface area contributed by atoms with Gasteiger partial charge in [-0.3, -0.25) is 0 Å². The molecule has 19 heavy (non-hydrogen) atoms. The van der Waals surface area contributed by atoms with Gasteiger partial charge in [-0.15, -0.1) is 0 Å². The molecule has 1 aliphatic rings. The van der Waals surface area contributed by atoms with Crippen LogP contribution in [0.5, 0.6) is 0 Å². The molecule has 2 atom stereocenters. The molecule has 1 aromatic carbocycles. The quantitative estimate of drug-likeness (QED) is 0.871. The SMILES string of the molecule is Cc1ccc(Cc2noc([C@@H]3C[C@@H](O)CN3)n2)cc1. The van der Waals surface area contributed by atoms with E-state index in [1.54, 1.807) is 0 Å². The monoisotopic (exact) mass is 259 g/mol. The van der Waals surface area contributed by atoms with Crippen LogP contribution in [-0.2, 0) is 6.42 Å². The highest BCUT2D eigenvalue weighted by Gasteiger charge is 2.27. The number of aliphatic hydroxyl groups excluding tert-OH is 1. The van der Waals surface area contributed by atoms with E-state index in [4.69, 9.17) is 4.52 Å². The van der Waals surface area contributed by atoms with Gasteiger partial charge in [0.15, 0.2) is 5.82 Å². The maximum absolute atomic E-state index is 9.48. The Kier molecular flexibility index (Phi) is 3.31. The maximum Gasteiger partial charge on any atom is 0.243 e. The number of benzene rings is 1. The van der Waals surface area contributed by atoms with Crippen molar-refractivity contribution in [3.8, 4) is 0 Å². The third kappa shape index (κ3) is 2.83. The van der Waals surface area contributed by atoms with Crippen molar-refractivity contribution in [2.45, 2.75) is 31.9 Å². The summed E-state index contributed by atoms with van der Waals surface area (Å²) in [4.78, 5) is 4.39. The highest BCUT2D eigenvalue weighted by molar-refractivity contribution is 5.23. The van der Waals surface area contributed by atoms with Gasteiger partial charge in [0.05, 0.1) is 12.1 Å². The zero-order valence-corrected chi connectivity index (χ0v) is 10.8. The standard InChI is InChI=1S/C14H17N3O2/c1-9-2-4-10(5-3-9)6-13-16-14(19-17-13)12-7-11(18)8-15-12/h2-5,11-12,15,18H,6-8H2,1H3/t11-,12+/m1/s1. The first-order chi connectivity index (χ1) is 9.20. The van der Waals surface area contributed by atoms with Gasteiger partial charge in [-0.25, -0.2) is 0 Å². The van der Waals surface area contributed by atoms with Crippen molar-refractivity contribution < 1.29 is 9.63 Å². The van der Waals surface area contributed by atoms with Crippen LogP contribution in [0, 0.1) is 6.92 Å². The number of β-amino-alcohol motifs (C(OH)–C–C–N with tert-alkyl or cyclic N) is 1. The molecule has 2 heterocycles. The third-order valence-corrected chi connectivity index (χ3v) is 3.37. The molecule has 1 fully saturated rings. The van der Waals surface area contributed by atoms with Crippen molar-refractivity contribution >= 4 is 0 Å². The van der Waals surface area contributed by atoms with E-state index in [1.807, 2.05) is 0 Å². The lowest BCUT2D eigenvalue weighted by Gasteiger charge is -2.01. The smallest absolute Gasteiger partial charge is 0.243 e. The third-order valence-electron chi connectivity index (χ3n) is 3.37. The largest absolute Gasteiger partial charge is 0.392 e. The first-order valence-electron chi connectivity index (χ1n) is 6.50. The Hall–Kier alpha value is -1.72. The summed E-state index contributed by atoms with van der Waals surface area (Å²) in [5, 5.41) is 16.6. The first kappa shape index (κ1) is 12.3. The van der Waals surface area contributed by atoms with Gasteiger partial charge in [-0.1, -0.05) is 35.0 Å². The van der Waals surface area contributed by atoms with Crippen LogP contribution < -0.4 is 5.32 Å². The second-order valence-electron chi connectivity index (χ2n) is 5.06. The number of hydrogen-bond acceptors (Lipinski definition) is 5. The molecule has 3 rings (SSSR count). The fourth-order valence-corrected chi connectivity index (χ4v) is 2.27. The van der Waals surface area contributed by atoms with Gasteiger partial charge in [-0.05, 0) is 18.9 Å². The summed E-state index contributed by atoms with van der Waals surface area (Å²) in [6.07, 6.45) is 0.975. The minimum Gasteiger partial charge on any atom is -0.392 e. The predicted octanol–water partition coefficient (Wildman–Crippen LogP) is 1.36. The summed E-state index contributed by atoms with van der Waals surface area (Å²) < 4.78 is 5.26. The van der Waals surface area contributed by atoms with Crippen molar-refractivity contribution in [2.24, 2.45) is 0 Å². The second-order valence-corrected chi connectivity index (χ2v) is 5.06. The van der Waals surface area contributed by atoms with Crippen molar-refractivity contribution in [2.75, 3.05) is 6.54 Å². The lowest BCUT2D eigenvalue weighted by Crippen LogP contribution is -2.15. The van der Waals surface area contributed by atoms with Crippen molar-refractivity contribution in [1.82, 2.24) is 15.5 Å². The van der Waals surface area contributed by atoms with Crippen LogP contribution in [0.1, 0.15) is 35.3 Å². The molecule has 1 aliphatic heterocycles. The fourth-order valence-electron chi connectivity index (χ4n) is 2.27. The lowest BCUT2D eigenvalue weighted by molar-refractivity contribution is 0.191. The Morgan fingerprint density at radius 1 is 1.37 bits per heavy atom. The molecule has 0 spiro atoms. The Morgan fingerprint density at radius 2 is 2.16 bits per heavy atom. The van der Waals surface area contributed by atoms with E-state index < -0.39 is 0 Å². The number of nitrogens with zero attached hydrogens (tertiary/aromatic N) is 2. The molecule has 0 aliphatic carbocycles. The Balaban J connectivity index is 1.69. The van der Waals surface area contributed by atoms with Gasteiger partial charge in [0.1, 0.15) is 0 Å². The Morgan fingerprint density at radius 3 is 2.84 bits per heavy atom. The van der Waals surface area contributed by atoms with E-state index >= 15 is 0 Å². The number of aryl methyl sites for hydroxylation is 1. The summed E-state index contributed by atoms with van der Waals surface area (Å²) in [6, 6.07) is 8.27. The molecule has 1 aromatic heterocycles. The molecule has 2 aromatic rings. The van der Waals surface area contributed by atoms with Crippen LogP contribution in [-0.4, -0.2) is 27.9 Å². The molecule has 0 radical (unpaired) electrons. The van der Waals surface area contributed by atoms with Crippen molar-refractivity contribution in [3.63, 3.8) is 0 Å². The van der Waals surface area contributed by atoms with Crippen molar-refractivity contribution in [1.29, 1.82) is 0 Å². The highest BCUT2D eigenvalue weighted by atomic mass is 16.5. The summed E-state index contributed by atoms with van der Waals surface area (Å²) in [5.41, 5.74) is 2.40. The normalized spacial score (nSPS) is 22.8. The minimum atomic E-state index is -0.322. The van der Waals surface area contributed by atoms with E-state index in [0.717, 1.165) is 5.56 Å². The minimum absolute atomic E-state index is 0.0192. The van der Waals surface area contributed by atoms with Gasteiger partial charge in [0.25, 0.3) is 0 Å². The van der Waals surface area contributed by atoms with E-state index in [9.17, 15) is 5.11 Å². The second kappa shape index (κ2) is 5.11. The predicted molar refractivity (Wildman–Crippen MR) is 69.7 cm³/mol. The molecule has 0 unspecified atom stereocenters. The number of aromatic nitrogens is 2. The molecule has 0 amide bonds. The molecule has 0 bridgehead atoms. The molecule has 5 heteroatoms. The average Bonchev–Trinajstić information content (AvgIpc) is 3.01. The van der Waals surface area contributed by atoms with Crippen LogP contribution in [0.3, 0.4) is 0 Å². The van der Waals surface area contributed by atoms with E-state index in [2.05, 4.69) is 46.6 Å². The first-order valence-corrected chi connectivity index (χ1v) is 6.50. The molecular weight excluding hydrogens is 242 g/mol. The lowest BCUT2D eigenvalue weighted by atomic mass is 10.1. The van der Waals surface area contributed by atoms with Crippen LogP contribution in [0.4, 0.5) is 0 Å². The number of aliphatic hydroxyl groups is 1. The van der Waals surface area contributed by atoms with Gasteiger partial charge in [-0.2, -0.15) is 4.98 Å². The molecular formula is C14H17N3O2. The van der Waals surface area contributed by atoms with Crippen LogP contribution >= 0.6 is 0 Å². The van der Waals surface area contributed by atoms with Gasteiger partial charge >= 0.3 is 0 Å². The van der Waals surface area contributed by atoms with Crippen molar-refractivity contribution in [3.05, 3.63) is 47.1 Å². The zero-order chi connectivity index (χ0) is 13.2. The van der Waals surface area contributed by atoms with Gasteiger partial charge < -0.3 is 14.9 Å². The van der Waals surface area contributed by atoms with E-state index in [-0.39, 0.29) is 12.1 Å². The zero-order valence-electron chi connectivity index (χ0n) is 10.8. The van der Waals surface area contributed by atoms with Gasteiger partial charge in [0, 0.05) is 13.0 Å². The average molecular weight is 259 g/mol. The topological polar surface area (TPSA) is 71.2 Å². The van der Waals surface area contributed by atoms with Gasteiger partial charge in [0.2, 0.25) is 5.89 Å². The maximum atomic E-state index is 9.48. The molecule has 100 valence electrons. The summed E-state index contributed by atoms with van der Waals surface area (Å²) >= 11 is 0. The summed E-state index contributed by atoms with van der Waals surface area (Å²) in [7, 11) is 0. The summed E-state index contributed by atoms with van der Waals surface area (Å²) in [6.45, 7) is 2.65. The summed E-state index contributed by atoms with van der Waals surface area (Å²) in [5.74, 6) is 1.25. The number of hydrogen-bond donors (Lipinski definition) is 2. The van der Waals surface area contributed by atoms with Crippen LogP contribution in [0.2, 0.25) is 0 Å². The van der Waals surface area contributed by atoms with E-state index in [0.29, 0.717) is 31.1 Å².